The molecular formula is C17H19NO9. The van der Waals surface area contributed by atoms with E-state index in [2.05, 4.69) is 0 Å². The van der Waals surface area contributed by atoms with Crippen LogP contribution in [0.1, 0.15) is 22.8 Å². The molecule has 1 unspecified atom stereocenters. The van der Waals surface area contributed by atoms with Crippen LogP contribution in [0.4, 0.5) is 0 Å². The lowest BCUT2D eigenvalue weighted by Crippen LogP contribution is -2.46. The number of benzene rings is 2. The van der Waals surface area contributed by atoms with Gasteiger partial charge in [0.25, 0.3) is 0 Å². The first kappa shape index (κ1) is 21.4. The first-order valence-corrected chi connectivity index (χ1v) is 7.36. The fourth-order valence-corrected chi connectivity index (χ4v) is 1.91. The topological polar surface area (TPSA) is 202 Å². The number of nitrogens with two attached hydrogens (primary N) is 1. The van der Waals surface area contributed by atoms with E-state index in [0.717, 1.165) is 12.1 Å². The van der Waals surface area contributed by atoms with Gasteiger partial charge in [-0.2, -0.15) is 0 Å². The highest BCUT2D eigenvalue weighted by Crippen LogP contribution is 2.35. The van der Waals surface area contributed by atoms with Crippen molar-refractivity contribution >= 4 is 11.9 Å². The summed E-state index contributed by atoms with van der Waals surface area (Å²) in [6.45, 7) is 1.39. The zero-order valence-corrected chi connectivity index (χ0v) is 14.1. The summed E-state index contributed by atoms with van der Waals surface area (Å²) in [7, 11) is 0. The average molecular weight is 381 g/mol. The lowest BCUT2D eigenvalue weighted by molar-refractivity contribution is -0.142. The molecule has 0 saturated carbocycles. The van der Waals surface area contributed by atoms with Gasteiger partial charge in [0.15, 0.2) is 28.7 Å². The largest absolute Gasteiger partial charge is 0.504 e. The Bertz CT molecular complexity index is 838. The molecule has 9 N–H and O–H groups in total. The maximum atomic E-state index is 10.7. The smallest absolute Gasteiger partial charge is 0.335 e. The summed E-state index contributed by atoms with van der Waals surface area (Å²) < 4.78 is 0. The first-order chi connectivity index (χ1) is 12.3. The third-order valence-corrected chi connectivity index (χ3v) is 3.42. The van der Waals surface area contributed by atoms with Gasteiger partial charge in [-0.25, -0.2) is 4.79 Å². The van der Waals surface area contributed by atoms with E-state index in [1.54, 1.807) is 0 Å². The molecule has 0 heterocycles. The van der Waals surface area contributed by atoms with Gasteiger partial charge in [0, 0.05) is 6.42 Å². The van der Waals surface area contributed by atoms with Crippen molar-refractivity contribution in [1.29, 1.82) is 0 Å². The van der Waals surface area contributed by atoms with Gasteiger partial charge in [-0.15, -0.1) is 0 Å². The van der Waals surface area contributed by atoms with E-state index in [-0.39, 0.29) is 23.5 Å². The number of carboxylic acids is 2. The predicted molar refractivity (Wildman–Crippen MR) is 92.1 cm³/mol. The van der Waals surface area contributed by atoms with Crippen molar-refractivity contribution in [3.63, 3.8) is 0 Å². The Kier molecular flexibility index (Phi) is 6.45. The van der Waals surface area contributed by atoms with Gasteiger partial charge < -0.3 is 41.5 Å². The quantitative estimate of drug-likeness (QED) is 0.352. The number of rotatable bonds is 4. The van der Waals surface area contributed by atoms with Crippen LogP contribution >= 0.6 is 0 Å². The molecular weight excluding hydrogens is 362 g/mol. The highest BCUT2D eigenvalue weighted by atomic mass is 16.4. The zero-order valence-electron chi connectivity index (χ0n) is 14.1. The minimum absolute atomic E-state index is 0.0795. The summed E-state index contributed by atoms with van der Waals surface area (Å²) in [6.07, 6.45) is 0.0795. The number of hydrogen-bond donors (Lipinski definition) is 8. The second-order valence-electron chi connectivity index (χ2n) is 5.89. The number of aromatic carboxylic acids is 1. The summed E-state index contributed by atoms with van der Waals surface area (Å²) >= 11 is 0. The lowest BCUT2D eigenvalue weighted by atomic mass is 9.94. The van der Waals surface area contributed by atoms with Crippen molar-refractivity contribution in [2.75, 3.05) is 0 Å². The molecule has 2 aromatic carbocycles. The number of carbonyl (C=O) groups is 2. The number of aliphatic carboxylic acids is 1. The Balaban J connectivity index is 0.000000277. The number of phenols is 5. The monoisotopic (exact) mass is 381 g/mol. The second kappa shape index (κ2) is 8.15. The first-order valence-electron chi connectivity index (χ1n) is 7.36. The molecule has 2 rings (SSSR count). The standard InChI is InChI=1S/C10H13NO4.C7H6O5/c1-10(11,9(14)15)5-6-2-3-7(12)8(13)4-6;8-4-1-3(7(11)12)2-5(9)6(4)10/h2-4,12-13H,5,11H2,1H3,(H,14,15);1-2,8-10H,(H,11,12). The second-order valence-corrected chi connectivity index (χ2v) is 5.89. The van der Waals surface area contributed by atoms with Gasteiger partial charge in [-0.1, -0.05) is 6.07 Å². The van der Waals surface area contributed by atoms with Crippen molar-refractivity contribution in [3.8, 4) is 28.7 Å². The number of hydrogen-bond acceptors (Lipinski definition) is 8. The third kappa shape index (κ3) is 5.68. The molecule has 0 amide bonds. The Morgan fingerprint density at radius 2 is 1.41 bits per heavy atom. The van der Waals surface area contributed by atoms with Crippen LogP contribution in [0.3, 0.4) is 0 Å². The van der Waals surface area contributed by atoms with Crippen LogP contribution in [0.25, 0.3) is 0 Å². The molecule has 0 bridgehead atoms. The number of carboxylic acid groups (broad SMARTS) is 2. The van der Waals surface area contributed by atoms with Crippen molar-refractivity contribution in [2.24, 2.45) is 5.73 Å². The van der Waals surface area contributed by atoms with Crippen molar-refractivity contribution in [3.05, 3.63) is 41.5 Å². The molecule has 0 aromatic heterocycles. The summed E-state index contributed by atoms with van der Waals surface area (Å²) in [5, 5.41) is 62.0. The Hall–Kier alpha value is -3.66. The van der Waals surface area contributed by atoms with Crippen molar-refractivity contribution in [1.82, 2.24) is 0 Å². The van der Waals surface area contributed by atoms with Crippen LogP contribution in [0.15, 0.2) is 30.3 Å². The Morgan fingerprint density at radius 3 is 1.81 bits per heavy atom. The van der Waals surface area contributed by atoms with E-state index in [4.69, 9.17) is 36.4 Å². The SMILES string of the molecule is CC(N)(Cc1ccc(O)c(O)c1)C(=O)O.O=C(O)c1cc(O)c(O)c(O)c1. The fourth-order valence-electron chi connectivity index (χ4n) is 1.91. The minimum atomic E-state index is -1.39. The Morgan fingerprint density at radius 1 is 0.889 bits per heavy atom. The van der Waals surface area contributed by atoms with E-state index >= 15 is 0 Å². The minimum Gasteiger partial charge on any atom is -0.504 e. The van der Waals surface area contributed by atoms with Crippen molar-refractivity contribution in [2.45, 2.75) is 18.9 Å². The van der Waals surface area contributed by atoms with E-state index in [1.165, 1.54) is 25.1 Å². The van der Waals surface area contributed by atoms with Crippen LogP contribution in [-0.4, -0.2) is 53.2 Å². The van der Waals surface area contributed by atoms with Crippen LogP contribution in [0.2, 0.25) is 0 Å². The molecule has 1 atom stereocenters. The number of phenolic OH excluding ortho intramolecular Hbond substituents is 5. The molecule has 0 aliphatic rings. The van der Waals surface area contributed by atoms with Gasteiger partial charge in [-0.05, 0) is 36.8 Å². The molecule has 0 aliphatic carbocycles. The molecule has 10 heteroatoms. The molecule has 0 aliphatic heterocycles. The summed E-state index contributed by atoms with van der Waals surface area (Å²) in [5.41, 5.74) is 4.41. The Labute approximate surface area is 153 Å². The summed E-state index contributed by atoms with van der Waals surface area (Å²) in [5.74, 6) is -4.98. The molecule has 0 spiro atoms. The average Bonchev–Trinajstić information content (AvgIpc) is 2.55. The summed E-state index contributed by atoms with van der Waals surface area (Å²) in [6, 6.07) is 5.80. The van der Waals surface area contributed by atoms with E-state index in [9.17, 15) is 14.7 Å². The van der Waals surface area contributed by atoms with Gasteiger partial charge in [0.1, 0.15) is 5.54 Å². The molecule has 27 heavy (non-hydrogen) atoms. The number of aromatic hydroxyl groups is 5. The highest BCUT2D eigenvalue weighted by Gasteiger charge is 2.28. The molecule has 0 saturated heterocycles. The van der Waals surface area contributed by atoms with Gasteiger partial charge in [0.05, 0.1) is 5.56 Å². The van der Waals surface area contributed by atoms with Crippen LogP contribution in [-0.2, 0) is 11.2 Å². The van der Waals surface area contributed by atoms with Crippen LogP contribution in [0, 0.1) is 0 Å². The van der Waals surface area contributed by atoms with E-state index in [1.807, 2.05) is 0 Å². The van der Waals surface area contributed by atoms with E-state index < -0.39 is 34.7 Å². The molecule has 0 fully saturated rings. The summed E-state index contributed by atoms with van der Waals surface area (Å²) in [4.78, 5) is 21.1. The zero-order chi connectivity index (χ0) is 20.9. The molecule has 146 valence electrons. The van der Waals surface area contributed by atoms with Crippen LogP contribution in [0.5, 0.6) is 28.7 Å². The van der Waals surface area contributed by atoms with Gasteiger partial charge >= 0.3 is 11.9 Å². The van der Waals surface area contributed by atoms with Gasteiger partial charge in [0.2, 0.25) is 0 Å². The predicted octanol–water partition coefficient (Wildman–Crippen LogP) is 0.944. The third-order valence-electron chi connectivity index (χ3n) is 3.42. The maximum absolute atomic E-state index is 10.7. The van der Waals surface area contributed by atoms with Crippen molar-refractivity contribution < 1.29 is 45.3 Å². The normalized spacial score (nSPS) is 12.4. The van der Waals surface area contributed by atoms with Crippen LogP contribution < -0.4 is 5.73 Å². The lowest BCUT2D eigenvalue weighted by Gasteiger charge is -2.19. The fraction of sp³-hybridized carbons (Fsp3) is 0.176. The van der Waals surface area contributed by atoms with Gasteiger partial charge in [-0.3, -0.25) is 4.79 Å². The van der Waals surface area contributed by atoms with E-state index in [0.29, 0.717) is 5.56 Å². The molecule has 0 radical (unpaired) electrons. The molecule has 2 aromatic rings. The molecule has 10 nitrogen and oxygen atoms in total. The maximum Gasteiger partial charge on any atom is 0.335 e. The highest BCUT2D eigenvalue weighted by molar-refractivity contribution is 5.89.